The number of imidazole rings is 1. The summed E-state index contributed by atoms with van der Waals surface area (Å²) < 4.78 is 1.54. The van der Waals surface area contributed by atoms with Crippen molar-refractivity contribution in [3.8, 4) is 0 Å². The summed E-state index contributed by atoms with van der Waals surface area (Å²) in [7, 11) is 0. The fraction of sp³-hybridized carbons (Fsp3) is 0.667. The van der Waals surface area contributed by atoms with Gasteiger partial charge < -0.3 is 4.98 Å². The van der Waals surface area contributed by atoms with Gasteiger partial charge in [0.15, 0.2) is 5.65 Å². The molecule has 2 aromatic heterocycles. The van der Waals surface area contributed by atoms with Crippen LogP contribution in [0.4, 0.5) is 0 Å². The van der Waals surface area contributed by atoms with E-state index in [9.17, 15) is 9.59 Å². The lowest BCUT2D eigenvalue weighted by Gasteiger charge is -2.10. The van der Waals surface area contributed by atoms with E-state index < -0.39 is 0 Å². The van der Waals surface area contributed by atoms with Crippen molar-refractivity contribution in [2.45, 2.75) is 65.3 Å². The van der Waals surface area contributed by atoms with Crippen LogP contribution in [0.5, 0.6) is 0 Å². The van der Waals surface area contributed by atoms with Crippen LogP contribution in [0, 0.1) is 0 Å². The minimum absolute atomic E-state index is 0.307. The Balaban J connectivity index is 2.54. The third-order valence-corrected chi connectivity index (χ3v) is 3.88. The lowest BCUT2D eigenvalue weighted by atomic mass is 9.99. The lowest BCUT2D eigenvalue weighted by molar-refractivity contribution is 0.548. The summed E-state index contributed by atoms with van der Waals surface area (Å²) in [4.78, 5) is 33.9. The molecule has 2 heterocycles. The highest BCUT2D eigenvalue weighted by atomic mass is 16.2. The molecule has 6 heteroatoms. The van der Waals surface area contributed by atoms with Gasteiger partial charge in [0.25, 0.3) is 5.56 Å². The Kier molecular flexibility index (Phi) is 4.98. The van der Waals surface area contributed by atoms with E-state index in [2.05, 4.69) is 28.8 Å². The molecule has 0 aliphatic heterocycles. The zero-order valence-electron chi connectivity index (χ0n) is 13.0. The highest BCUT2D eigenvalue weighted by molar-refractivity contribution is 5.69. The standard InChI is InChI=1S/C15H24N4O2/c1-4-7-8-10(6-3)12-16-11-13(17-12)19(9-5-2)15(21)18-14(11)20/h10H,4-9H2,1-3H3,(H,16,17)(H,18,20,21). The molecular weight excluding hydrogens is 268 g/mol. The van der Waals surface area contributed by atoms with E-state index in [4.69, 9.17) is 0 Å². The molecule has 0 aromatic carbocycles. The van der Waals surface area contributed by atoms with Crippen LogP contribution >= 0.6 is 0 Å². The molecule has 0 aliphatic carbocycles. The molecule has 2 N–H and O–H groups in total. The van der Waals surface area contributed by atoms with Crippen LogP contribution in [-0.4, -0.2) is 19.5 Å². The first-order valence-corrected chi connectivity index (χ1v) is 7.85. The molecule has 116 valence electrons. The van der Waals surface area contributed by atoms with Crippen LogP contribution in [0.1, 0.15) is 64.6 Å². The quantitative estimate of drug-likeness (QED) is 0.822. The maximum atomic E-state index is 12.0. The van der Waals surface area contributed by atoms with Gasteiger partial charge in [0.1, 0.15) is 11.3 Å². The number of hydrogen-bond acceptors (Lipinski definition) is 3. The fourth-order valence-electron chi connectivity index (χ4n) is 2.67. The average Bonchev–Trinajstić information content (AvgIpc) is 2.90. The third kappa shape index (κ3) is 3.09. The maximum absolute atomic E-state index is 12.0. The monoisotopic (exact) mass is 292 g/mol. The zero-order valence-corrected chi connectivity index (χ0v) is 13.0. The number of aryl methyl sites for hydroxylation is 1. The minimum Gasteiger partial charge on any atom is -0.336 e. The van der Waals surface area contributed by atoms with Crippen LogP contribution < -0.4 is 11.2 Å². The Bertz CT molecular complexity index is 711. The maximum Gasteiger partial charge on any atom is 0.330 e. The van der Waals surface area contributed by atoms with Crippen LogP contribution in [0.2, 0.25) is 0 Å². The Labute approximate surface area is 123 Å². The van der Waals surface area contributed by atoms with Crippen LogP contribution in [0.25, 0.3) is 11.2 Å². The van der Waals surface area contributed by atoms with E-state index in [0.29, 0.717) is 23.6 Å². The average molecular weight is 292 g/mol. The molecule has 0 fully saturated rings. The SMILES string of the molecule is CCCCC(CC)c1nc2c([nH]1)c(=O)[nH]c(=O)n2CCC. The molecule has 0 amide bonds. The topological polar surface area (TPSA) is 83.5 Å². The van der Waals surface area contributed by atoms with Crippen molar-refractivity contribution in [2.24, 2.45) is 0 Å². The van der Waals surface area contributed by atoms with Gasteiger partial charge in [-0.1, -0.05) is 33.6 Å². The van der Waals surface area contributed by atoms with Gasteiger partial charge in [-0.3, -0.25) is 14.3 Å². The second kappa shape index (κ2) is 6.74. The van der Waals surface area contributed by atoms with Crippen molar-refractivity contribution in [1.29, 1.82) is 0 Å². The van der Waals surface area contributed by atoms with Crippen molar-refractivity contribution in [3.05, 3.63) is 26.7 Å². The Morgan fingerprint density at radius 1 is 1.14 bits per heavy atom. The summed E-state index contributed by atoms with van der Waals surface area (Å²) in [6.07, 6.45) is 5.10. The Hall–Kier alpha value is -1.85. The number of H-pyrrole nitrogens is 2. The van der Waals surface area contributed by atoms with Crippen molar-refractivity contribution < 1.29 is 0 Å². The smallest absolute Gasteiger partial charge is 0.330 e. The Morgan fingerprint density at radius 3 is 2.52 bits per heavy atom. The van der Waals surface area contributed by atoms with Gasteiger partial charge in [-0.25, -0.2) is 9.78 Å². The molecular formula is C15H24N4O2. The van der Waals surface area contributed by atoms with E-state index in [-0.39, 0.29) is 11.2 Å². The molecule has 6 nitrogen and oxygen atoms in total. The largest absolute Gasteiger partial charge is 0.336 e. The van der Waals surface area contributed by atoms with Crippen molar-refractivity contribution in [2.75, 3.05) is 0 Å². The van der Waals surface area contributed by atoms with Gasteiger partial charge in [0.05, 0.1) is 0 Å². The van der Waals surface area contributed by atoms with Crippen molar-refractivity contribution >= 4 is 11.2 Å². The molecule has 1 unspecified atom stereocenters. The normalized spacial score (nSPS) is 12.9. The highest BCUT2D eigenvalue weighted by Gasteiger charge is 2.17. The van der Waals surface area contributed by atoms with E-state index in [0.717, 1.165) is 37.9 Å². The molecule has 0 saturated heterocycles. The first-order chi connectivity index (χ1) is 10.1. The molecule has 2 aromatic rings. The van der Waals surface area contributed by atoms with Gasteiger partial charge in [-0.2, -0.15) is 0 Å². The molecule has 2 rings (SSSR count). The number of unbranched alkanes of at least 4 members (excludes halogenated alkanes) is 1. The van der Waals surface area contributed by atoms with E-state index in [1.165, 1.54) is 0 Å². The van der Waals surface area contributed by atoms with Gasteiger partial charge in [-0.15, -0.1) is 0 Å². The number of aromatic nitrogens is 4. The van der Waals surface area contributed by atoms with E-state index in [1.54, 1.807) is 4.57 Å². The van der Waals surface area contributed by atoms with Crippen LogP contribution in [0.3, 0.4) is 0 Å². The number of rotatable bonds is 7. The third-order valence-electron chi connectivity index (χ3n) is 3.88. The van der Waals surface area contributed by atoms with Gasteiger partial charge in [-0.05, 0) is 19.3 Å². The second-order valence-electron chi connectivity index (χ2n) is 5.48. The van der Waals surface area contributed by atoms with E-state index >= 15 is 0 Å². The number of nitrogens with zero attached hydrogens (tertiary/aromatic N) is 2. The van der Waals surface area contributed by atoms with Gasteiger partial charge >= 0.3 is 5.69 Å². The summed E-state index contributed by atoms with van der Waals surface area (Å²) in [5.41, 5.74) is 0.129. The first-order valence-electron chi connectivity index (χ1n) is 7.85. The zero-order chi connectivity index (χ0) is 15.4. The molecule has 1 atom stereocenters. The molecule has 21 heavy (non-hydrogen) atoms. The van der Waals surface area contributed by atoms with Crippen LogP contribution in [-0.2, 0) is 6.54 Å². The number of nitrogens with one attached hydrogen (secondary N) is 2. The predicted molar refractivity (Wildman–Crippen MR) is 83.8 cm³/mol. The summed E-state index contributed by atoms with van der Waals surface area (Å²) in [5, 5.41) is 0. The number of fused-ring (bicyclic) bond motifs is 1. The van der Waals surface area contributed by atoms with Crippen molar-refractivity contribution in [3.63, 3.8) is 0 Å². The molecule has 0 saturated carbocycles. The van der Waals surface area contributed by atoms with Gasteiger partial charge in [0.2, 0.25) is 0 Å². The summed E-state index contributed by atoms with van der Waals surface area (Å²) in [6, 6.07) is 0. The summed E-state index contributed by atoms with van der Waals surface area (Å²) in [5.74, 6) is 1.13. The number of aromatic amines is 2. The van der Waals surface area contributed by atoms with Crippen LogP contribution in [0.15, 0.2) is 9.59 Å². The number of hydrogen-bond donors (Lipinski definition) is 2. The minimum atomic E-state index is -0.383. The second-order valence-corrected chi connectivity index (χ2v) is 5.48. The summed E-state index contributed by atoms with van der Waals surface area (Å²) >= 11 is 0. The molecule has 0 radical (unpaired) electrons. The van der Waals surface area contributed by atoms with Crippen molar-refractivity contribution in [1.82, 2.24) is 19.5 Å². The molecule has 0 aliphatic rings. The highest BCUT2D eigenvalue weighted by Crippen LogP contribution is 2.24. The van der Waals surface area contributed by atoms with E-state index in [1.807, 2.05) is 6.92 Å². The predicted octanol–water partition coefficient (Wildman–Crippen LogP) is 2.51. The van der Waals surface area contributed by atoms with Gasteiger partial charge in [0, 0.05) is 12.5 Å². The fourth-order valence-corrected chi connectivity index (χ4v) is 2.67. The molecule has 0 spiro atoms. The lowest BCUT2D eigenvalue weighted by Crippen LogP contribution is -2.30. The Morgan fingerprint density at radius 2 is 1.90 bits per heavy atom. The first kappa shape index (κ1) is 15.5. The molecule has 0 bridgehead atoms. The summed E-state index contributed by atoms with van der Waals surface area (Å²) in [6.45, 7) is 6.83.